The SMILES string of the molecule is NC(N)=NCCCC(NC(=O)C1CCCN1C(=O)CNC(=O)C(N)Cc1cnc[nH]1)C(=O)O. The fourth-order valence-corrected chi connectivity index (χ4v) is 3.49. The molecule has 2 rings (SSSR count). The molecule has 0 radical (unpaired) electrons. The van der Waals surface area contributed by atoms with Crippen molar-refractivity contribution in [3.8, 4) is 0 Å². The van der Waals surface area contributed by atoms with Crippen molar-refractivity contribution >= 4 is 29.7 Å². The van der Waals surface area contributed by atoms with Gasteiger partial charge in [-0.3, -0.25) is 19.4 Å². The summed E-state index contributed by atoms with van der Waals surface area (Å²) in [6.07, 6.45) is 4.72. The van der Waals surface area contributed by atoms with Crippen LogP contribution < -0.4 is 27.8 Å². The topological polar surface area (TPSA) is 235 Å². The number of guanidine groups is 1. The molecule has 0 bridgehead atoms. The van der Waals surface area contributed by atoms with Gasteiger partial charge >= 0.3 is 5.97 Å². The van der Waals surface area contributed by atoms with Crippen LogP contribution in [-0.4, -0.2) is 87.4 Å². The molecule has 1 aromatic rings. The van der Waals surface area contributed by atoms with Crippen LogP contribution in [0.25, 0.3) is 0 Å². The number of H-pyrrole nitrogens is 1. The van der Waals surface area contributed by atoms with Crippen molar-refractivity contribution in [3.05, 3.63) is 18.2 Å². The number of nitrogens with zero attached hydrogens (tertiary/aromatic N) is 3. The molecule has 0 aliphatic carbocycles. The molecule has 3 unspecified atom stereocenters. The van der Waals surface area contributed by atoms with Crippen LogP contribution in [0.3, 0.4) is 0 Å². The quantitative estimate of drug-likeness (QED) is 0.0945. The van der Waals surface area contributed by atoms with E-state index in [1.165, 1.54) is 11.2 Å². The van der Waals surface area contributed by atoms with Gasteiger partial charge in [-0.25, -0.2) is 9.78 Å². The van der Waals surface area contributed by atoms with Crippen molar-refractivity contribution in [2.24, 2.45) is 22.2 Å². The molecule has 1 fully saturated rings. The second kappa shape index (κ2) is 12.4. The summed E-state index contributed by atoms with van der Waals surface area (Å²) < 4.78 is 0. The number of aromatic nitrogens is 2. The lowest BCUT2D eigenvalue weighted by atomic mass is 10.1. The maximum Gasteiger partial charge on any atom is 0.326 e. The number of carboxylic acid groups (broad SMARTS) is 1. The number of carbonyl (C=O) groups is 4. The average molecular weight is 466 g/mol. The summed E-state index contributed by atoms with van der Waals surface area (Å²) in [4.78, 5) is 60.8. The Morgan fingerprint density at radius 2 is 2.09 bits per heavy atom. The molecule has 1 aromatic heterocycles. The zero-order chi connectivity index (χ0) is 24.4. The molecule has 1 aliphatic rings. The first kappa shape index (κ1) is 25.6. The van der Waals surface area contributed by atoms with E-state index in [0.29, 0.717) is 31.5 Å². The standard InChI is InChI=1S/C19H31N9O5/c20-12(7-11-8-23-10-26-11)16(30)25-9-15(29)28-6-2-4-14(28)17(31)27-13(18(32)33)3-1-5-24-19(21)22/h8,10,12-14H,1-7,9,20H2,(H,23,26)(H,25,30)(H,27,31)(H,32,33)(H4,21,22,24). The summed E-state index contributed by atoms with van der Waals surface area (Å²) in [5.74, 6) is -2.81. The van der Waals surface area contributed by atoms with E-state index in [1.54, 1.807) is 6.20 Å². The van der Waals surface area contributed by atoms with Crippen molar-refractivity contribution in [1.82, 2.24) is 25.5 Å². The Bertz CT molecular complexity index is 854. The zero-order valence-corrected chi connectivity index (χ0v) is 18.2. The largest absolute Gasteiger partial charge is 0.480 e. The number of hydrogen-bond donors (Lipinski definition) is 7. The number of nitrogens with two attached hydrogens (primary N) is 3. The molecule has 0 aromatic carbocycles. The lowest BCUT2D eigenvalue weighted by Gasteiger charge is -2.26. The number of carbonyl (C=O) groups excluding carboxylic acids is 3. The highest BCUT2D eigenvalue weighted by molar-refractivity contribution is 5.93. The number of rotatable bonds is 12. The van der Waals surface area contributed by atoms with Gasteiger partial charge in [0.15, 0.2) is 5.96 Å². The van der Waals surface area contributed by atoms with Gasteiger partial charge in [-0.15, -0.1) is 0 Å². The highest BCUT2D eigenvalue weighted by Gasteiger charge is 2.35. The van der Waals surface area contributed by atoms with Crippen LogP contribution in [0.1, 0.15) is 31.4 Å². The van der Waals surface area contributed by atoms with Gasteiger partial charge in [0.05, 0.1) is 18.9 Å². The Labute approximate surface area is 190 Å². The lowest BCUT2D eigenvalue weighted by Crippen LogP contribution is -2.53. The van der Waals surface area contributed by atoms with E-state index in [4.69, 9.17) is 17.2 Å². The first-order valence-corrected chi connectivity index (χ1v) is 10.6. The minimum Gasteiger partial charge on any atom is -0.480 e. The smallest absolute Gasteiger partial charge is 0.326 e. The molecule has 2 heterocycles. The second-order valence-corrected chi connectivity index (χ2v) is 7.70. The number of amides is 3. The van der Waals surface area contributed by atoms with Crippen molar-refractivity contribution in [2.75, 3.05) is 19.6 Å². The predicted octanol–water partition coefficient (Wildman–Crippen LogP) is -2.99. The van der Waals surface area contributed by atoms with Gasteiger partial charge in [0.25, 0.3) is 0 Å². The first-order valence-electron chi connectivity index (χ1n) is 10.6. The third-order valence-corrected chi connectivity index (χ3v) is 5.18. The van der Waals surface area contributed by atoms with Crippen LogP contribution in [0, 0.1) is 0 Å². The third kappa shape index (κ3) is 8.07. The fraction of sp³-hybridized carbons (Fsp3) is 0.579. The Hall–Kier alpha value is -3.68. The molecule has 3 amide bonds. The number of aliphatic imine (C=N–C) groups is 1. The molecule has 14 heteroatoms. The number of nitrogens with one attached hydrogen (secondary N) is 3. The average Bonchev–Trinajstić information content (AvgIpc) is 3.45. The molecule has 182 valence electrons. The number of imidazole rings is 1. The van der Waals surface area contributed by atoms with Crippen molar-refractivity contribution in [3.63, 3.8) is 0 Å². The third-order valence-electron chi connectivity index (χ3n) is 5.18. The van der Waals surface area contributed by atoms with Gasteiger partial charge in [0.1, 0.15) is 12.1 Å². The minimum atomic E-state index is -1.19. The molecule has 14 nitrogen and oxygen atoms in total. The molecule has 1 aliphatic heterocycles. The highest BCUT2D eigenvalue weighted by Crippen LogP contribution is 2.18. The summed E-state index contributed by atoms with van der Waals surface area (Å²) in [7, 11) is 0. The molecule has 0 saturated carbocycles. The normalized spacial score (nSPS) is 17.1. The molecular weight excluding hydrogens is 434 g/mol. The maximum absolute atomic E-state index is 12.7. The van der Waals surface area contributed by atoms with Crippen LogP contribution in [0.5, 0.6) is 0 Å². The van der Waals surface area contributed by atoms with Gasteiger partial charge in [-0.05, 0) is 25.7 Å². The Morgan fingerprint density at radius 3 is 2.73 bits per heavy atom. The van der Waals surface area contributed by atoms with Gasteiger partial charge in [0, 0.05) is 31.4 Å². The van der Waals surface area contributed by atoms with E-state index < -0.39 is 41.8 Å². The Kier molecular flexibility index (Phi) is 9.60. The van der Waals surface area contributed by atoms with Crippen LogP contribution in [0.2, 0.25) is 0 Å². The Morgan fingerprint density at radius 1 is 1.33 bits per heavy atom. The number of hydrogen-bond acceptors (Lipinski definition) is 7. The summed E-state index contributed by atoms with van der Waals surface area (Å²) in [6, 6.07) is -2.82. The summed E-state index contributed by atoms with van der Waals surface area (Å²) >= 11 is 0. The molecular formula is C19H31N9O5. The lowest BCUT2D eigenvalue weighted by molar-refractivity contribution is -0.144. The summed E-state index contributed by atoms with van der Waals surface area (Å²) in [5, 5.41) is 14.4. The van der Waals surface area contributed by atoms with Gasteiger partial charge in [0.2, 0.25) is 17.7 Å². The predicted molar refractivity (Wildman–Crippen MR) is 117 cm³/mol. The van der Waals surface area contributed by atoms with Crippen LogP contribution in [-0.2, 0) is 25.6 Å². The van der Waals surface area contributed by atoms with E-state index >= 15 is 0 Å². The fourth-order valence-electron chi connectivity index (χ4n) is 3.49. The van der Waals surface area contributed by atoms with E-state index in [2.05, 4.69) is 25.6 Å². The number of aliphatic carboxylic acids is 1. The molecule has 10 N–H and O–H groups in total. The minimum absolute atomic E-state index is 0.0969. The molecule has 3 atom stereocenters. The number of carboxylic acids is 1. The molecule has 1 saturated heterocycles. The van der Waals surface area contributed by atoms with Crippen molar-refractivity contribution in [2.45, 2.75) is 50.2 Å². The number of aromatic amines is 1. The van der Waals surface area contributed by atoms with E-state index in [-0.39, 0.29) is 31.9 Å². The van der Waals surface area contributed by atoms with Gasteiger partial charge in [-0.2, -0.15) is 0 Å². The van der Waals surface area contributed by atoms with Gasteiger partial charge < -0.3 is 42.8 Å². The zero-order valence-electron chi connectivity index (χ0n) is 18.2. The Balaban J connectivity index is 1.85. The molecule has 33 heavy (non-hydrogen) atoms. The maximum atomic E-state index is 12.7. The van der Waals surface area contributed by atoms with Crippen LogP contribution in [0.15, 0.2) is 17.5 Å². The van der Waals surface area contributed by atoms with Crippen molar-refractivity contribution < 1.29 is 24.3 Å². The highest BCUT2D eigenvalue weighted by atomic mass is 16.4. The first-order chi connectivity index (χ1) is 15.7. The van der Waals surface area contributed by atoms with Crippen molar-refractivity contribution in [1.29, 1.82) is 0 Å². The monoisotopic (exact) mass is 465 g/mol. The van der Waals surface area contributed by atoms with E-state index in [1.807, 2.05) is 0 Å². The molecule has 0 spiro atoms. The summed E-state index contributed by atoms with van der Waals surface area (Å²) in [6.45, 7) is 0.244. The van der Waals surface area contributed by atoms with Crippen LogP contribution >= 0.6 is 0 Å². The second-order valence-electron chi connectivity index (χ2n) is 7.70. The van der Waals surface area contributed by atoms with Crippen LogP contribution in [0.4, 0.5) is 0 Å². The number of likely N-dealkylation sites (tertiary alicyclic amines) is 1. The van der Waals surface area contributed by atoms with E-state index in [0.717, 1.165) is 0 Å². The summed E-state index contributed by atoms with van der Waals surface area (Å²) in [5.41, 5.74) is 17.0. The van der Waals surface area contributed by atoms with Gasteiger partial charge in [-0.1, -0.05) is 0 Å². The van der Waals surface area contributed by atoms with E-state index in [9.17, 15) is 24.3 Å².